The number of likely N-dealkylation sites (N-methyl/N-ethyl adjacent to an activating group) is 1. The summed E-state index contributed by atoms with van der Waals surface area (Å²) in [6.07, 6.45) is 6.02. The van der Waals surface area contributed by atoms with Gasteiger partial charge in [0, 0.05) is 31.5 Å². The minimum absolute atomic E-state index is 0. The van der Waals surface area contributed by atoms with E-state index in [-0.39, 0.29) is 23.5 Å². The highest BCUT2D eigenvalue weighted by Crippen LogP contribution is 2.18. The molecule has 1 aliphatic heterocycles. The predicted molar refractivity (Wildman–Crippen MR) is 70.1 cm³/mol. The summed E-state index contributed by atoms with van der Waals surface area (Å²) >= 11 is 0. The van der Waals surface area contributed by atoms with Crippen molar-refractivity contribution >= 4 is 22.4 Å². The molecule has 0 saturated carbocycles. The molecule has 1 fully saturated rings. The van der Waals surface area contributed by atoms with Crippen molar-refractivity contribution < 1.29 is 8.42 Å². The van der Waals surface area contributed by atoms with Gasteiger partial charge in [0.25, 0.3) is 10.0 Å². The van der Waals surface area contributed by atoms with E-state index < -0.39 is 10.0 Å². The molecule has 18 heavy (non-hydrogen) atoms. The van der Waals surface area contributed by atoms with Gasteiger partial charge in [0.1, 0.15) is 0 Å². The number of rotatable bonds is 3. The number of piperidine rings is 1. The first-order valence-corrected chi connectivity index (χ1v) is 7.02. The SMILES string of the molecule is CNC1CCCN(S(=O)(=O)c2cnccn2)C1.Cl. The van der Waals surface area contributed by atoms with Crippen LogP contribution >= 0.6 is 12.4 Å². The molecular formula is C10H17ClN4O2S. The lowest BCUT2D eigenvalue weighted by atomic mass is 10.1. The van der Waals surface area contributed by atoms with Crippen molar-refractivity contribution in [3.63, 3.8) is 0 Å². The third kappa shape index (κ3) is 3.17. The van der Waals surface area contributed by atoms with Gasteiger partial charge in [0.05, 0.1) is 6.20 Å². The van der Waals surface area contributed by atoms with Crippen molar-refractivity contribution in [1.29, 1.82) is 0 Å². The summed E-state index contributed by atoms with van der Waals surface area (Å²) < 4.78 is 26.0. The Morgan fingerprint density at radius 1 is 1.44 bits per heavy atom. The van der Waals surface area contributed by atoms with Gasteiger partial charge in [-0.3, -0.25) is 4.98 Å². The van der Waals surface area contributed by atoms with Gasteiger partial charge in [0.15, 0.2) is 5.03 Å². The standard InChI is InChI=1S/C10H16N4O2S.ClH/c1-11-9-3-2-6-14(8-9)17(15,16)10-7-12-4-5-13-10;/h4-5,7,9,11H,2-3,6,8H2,1H3;1H. The van der Waals surface area contributed by atoms with Crippen molar-refractivity contribution in [3.8, 4) is 0 Å². The smallest absolute Gasteiger partial charge is 0.262 e. The van der Waals surface area contributed by atoms with Gasteiger partial charge in [-0.1, -0.05) is 0 Å². The Hall–Kier alpha value is -0.760. The second-order valence-electron chi connectivity index (χ2n) is 4.03. The molecule has 0 aromatic carbocycles. The van der Waals surface area contributed by atoms with E-state index in [1.54, 1.807) is 0 Å². The van der Waals surface area contributed by atoms with Crippen LogP contribution in [0.1, 0.15) is 12.8 Å². The normalized spacial score (nSPS) is 21.3. The van der Waals surface area contributed by atoms with Crippen molar-refractivity contribution in [3.05, 3.63) is 18.6 Å². The van der Waals surface area contributed by atoms with Crippen LogP contribution in [0, 0.1) is 0 Å². The van der Waals surface area contributed by atoms with Gasteiger partial charge in [-0.2, -0.15) is 4.31 Å². The molecule has 1 aromatic heterocycles. The van der Waals surface area contributed by atoms with Crippen LogP contribution in [0.5, 0.6) is 0 Å². The first-order valence-electron chi connectivity index (χ1n) is 5.58. The predicted octanol–water partition coefficient (Wildman–Crippen LogP) is 0.271. The number of hydrogen-bond acceptors (Lipinski definition) is 5. The van der Waals surface area contributed by atoms with Crippen LogP contribution in [0.4, 0.5) is 0 Å². The lowest BCUT2D eigenvalue weighted by Gasteiger charge is -2.31. The maximum absolute atomic E-state index is 12.2. The summed E-state index contributed by atoms with van der Waals surface area (Å²) in [5.41, 5.74) is 0. The zero-order valence-electron chi connectivity index (χ0n) is 10.1. The van der Waals surface area contributed by atoms with E-state index in [0.29, 0.717) is 13.1 Å². The van der Waals surface area contributed by atoms with E-state index in [9.17, 15) is 8.42 Å². The molecule has 6 nitrogen and oxygen atoms in total. The summed E-state index contributed by atoms with van der Waals surface area (Å²) in [6.45, 7) is 1.05. The monoisotopic (exact) mass is 292 g/mol. The molecule has 0 radical (unpaired) electrons. The Morgan fingerprint density at radius 3 is 2.83 bits per heavy atom. The van der Waals surface area contributed by atoms with Gasteiger partial charge in [0.2, 0.25) is 0 Å². The van der Waals surface area contributed by atoms with E-state index in [0.717, 1.165) is 12.8 Å². The molecule has 1 saturated heterocycles. The molecule has 1 unspecified atom stereocenters. The average molecular weight is 293 g/mol. The fraction of sp³-hybridized carbons (Fsp3) is 0.600. The molecule has 1 aromatic rings. The van der Waals surface area contributed by atoms with Crippen LogP contribution in [0.15, 0.2) is 23.6 Å². The fourth-order valence-electron chi connectivity index (χ4n) is 1.95. The van der Waals surface area contributed by atoms with Crippen molar-refractivity contribution in [2.75, 3.05) is 20.1 Å². The number of nitrogens with one attached hydrogen (secondary N) is 1. The Kier molecular flexibility index (Phi) is 5.46. The minimum Gasteiger partial charge on any atom is -0.316 e. The third-order valence-electron chi connectivity index (χ3n) is 2.94. The Bertz CT molecular complexity index is 468. The number of halogens is 1. The largest absolute Gasteiger partial charge is 0.316 e. The van der Waals surface area contributed by atoms with Gasteiger partial charge in [-0.25, -0.2) is 13.4 Å². The van der Waals surface area contributed by atoms with Gasteiger partial charge in [-0.05, 0) is 19.9 Å². The molecule has 0 amide bonds. The second-order valence-corrected chi connectivity index (χ2v) is 5.92. The molecular weight excluding hydrogens is 276 g/mol. The maximum atomic E-state index is 12.2. The lowest BCUT2D eigenvalue weighted by molar-refractivity contribution is 0.292. The van der Waals surface area contributed by atoms with E-state index >= 15 is 0 Å². The number of hydrogen-bond donors (Lipinski definition) is 1. The molecule has 8 heteroatoms. The molecule has 1 atom stereocenters. The average Bonchev–Trinajstić information content (AvgIpc) is 2.40. The van der Waals surface area contributed by atoms with Crippen molar-refractivity contribution in [2.24, 2.45) is 0 Å². The summed E-state index contributed by atoms with van der Waals surface area (Å²) in [5, 5.41) is 3.14. The molecule has 102 valence electrons. The van der Waals surface area contributed by atoms with Gasteiger partial charge in [-0.15, -0.1) is 12.4 Å². The number of nitrogens with zero attached hydrogens (tertiary/aromatic N) is 3. The number of aromatic nitrogens is 2. The van der Waals surface area contributed by atoms with Crippen LogP contribution in [0.25, 0.3) is 0 Å². The molecule has 2 heterocycles. The van der Waals surface area contributed by atoms with Crippen LogP contribution in [0.3, 0.4) is 0 Å². The third-order valence-corrected chi connectivity index (χ3v) is 4.69. The topological polar surface area (TPSA) is 75.2 Å². The van der Waals surface area contributed by atoms with Crippen LogP contribution < -0.4 is 5.32 Å². The van der Waals surface area contributed by atoms with Crippen LogP contribution in [0.2, 0.25) is 0 Å². The minimum atomic E-state index is -3.49. The molecule has 1 aliphatic rings. The Balaban J connectivity index is 0.00000162. The highest BCUT2D eigenvalue weighted by molar-refractivity contribution is 7.89. The summed E-state index contributed by atoms with van der Waals surface area (Å²) in [6, 6.07) is 0.218. The van der Waals surface area contributed by atoms with Crippen molar-refractivity contribution in [2.45, 2.75) is 23.9 Å². The van der Waals surface area contributed by atoms with Gasteiger partial charge < -0.3 is 5.32 Å². The van der Waals surface area contributed by atoms with E-state index in [2.05, 4.69) is 15.3 Å². The highest BCUT2D eigenvalue weighted by atomic mass is 35.5. The van der Waals surface area contributed by atoms with E-state index in [1.165, 1.54) is 22.9 Å². The molecule has 2 rings (SSSR count). The Morgan fingerprint density at radius 2 is 2.22 bits per heavy atom. The van der Waals surface area contributed by atoms with Crippen molar-refractivity contribution in [1.82, 2.24) is 19.6 Å². The first kappa shape index (κ1) is 15.3. The Labute approximate surface area is 113 Å². The van der Waals surface area contributed by atoms with Crippen LogP contribution in [-0.4, -0.2) is 48.9 Å². The second kappa shape index (κ2) is 6.42. The van der Waals surface area contributed by atoms with E-state index in [4.69, 9.17) is 0 Å². The van der Waals surface area contributed by atoms with E-state index in [1.807, 2.05) is 7.05 Å². The number of sulfonamides is 1. The lowest BCUT2D eigenvalue weighted by Crippen LogP contribution is -2.47. The van der Waals surface area contributed by atoms with Gasteiger partial charge >= 0.3 is 0 Å². The van der Waals surface area contributed by atoms with Crippen LogP contribution in [-0.2, 0) is 10.0 Å². The molecule has 1 N–H and O–H groups in total. The molecule has 0 bridgehead atoms. The summed E-state index contributed by atoms with van der Waals surface area (Å²) in [4.78, 5) is 7.66. The molecule has 0 spiro atoms. The zero-order chi connectivity index (χ0) is 12.3. The summed E-state index contributed by atoms with van der Waals surface area (Å²) in [5.74, 6) is 0. The highest BCUT2D eigenvalue weighted by Gasteiger charge is 2.30. The zero-order valence-corrected chi connectivity index (χ0v) is 11.7. The quantitative estimate of drug-likeness (QED) is 0.865. The first-order chi connectivity index (χ1) is 8.14. The molecule has 0 aliphatic carbocycles. The summed E-state index contributed by atoms with van der Waals surface area (Å²) in [7, 11) is -1.64. The fourth-order valence-corrected chi connectivity index (χ4v) is 3.35. The maximum Gasteiger partial charge on any atom is 0.262 e.